The summed E-state index contributed by atoms with van der Waals surface area (Å²) in [5.41, 5.74) is 12.1. The minimum absolute atomic E-state index is 0.165. The number of hydrogen-bond donors (Lipinski definition) is 0. The van der Waals surface area contributed by atoms with Crippen molar-refractivity contribution in [1.82, 2.24) is 15.0 Å². The van der Waals surface area contributed by atoms with E-state index in [0.29, 0.717) is 5.82 Å². The summed E-state index contributed by atoms with van der Waals surface area (Å²) in [5.74, 6) is 0.687. The van der Waals surface area contributed by atoms with E-state index >= 15 is 0 Å². The van der Waals surface area contributed by atoms with Gasteiger partial charge in [-0.1, -0.05) is 184 Å². The minimum Gasteiger partial charge on any atom is -0.264 e. The van der Waals surface area contributed by atoms with Gasteiger partial charge in [0, 0.05) is 34.5 Å². The van der Waals surface area contributed by atoms with Crippen molar-refractivity contribution in [3.05, 3.63) is 224 Å². The highest BCUT2D eigenvalue weighted by molar-refractivity contribution is 6.27. The molecule has 0 saturated heterocycles. The van der Waals surface area contributed by atoms with E-state index < -0.39 is 0 Å². The van der Waals surface area contributed by atoms with Crippen LogP contribution < -0.4 is 0 Å². The average molecular weight is 804 g/mol. The van der Waals surface area contributed by atoms with E-state index in [1.54, 1.807) is 6.20 Å². The molecule has 11 aromatic rings. The molecule has 0 fully saturated rings. The van der Waals surface area contributed by atoms with Gasteiger partial charge in [0.05, 0.1) is 11.4 Å². The first-order valence-corrected chi connectivity index (χ1v) is 21.7. The largest absolute Gasteiger partial charge is 0.264 e. The van der Waals surface area contributed by atoms with Crippen LogP contribution in [0.25, 0.3) is 110 Å². The van der Waals surface area contributed by atoms with Crippen molar-refractivity contribution in [2.75, 3.05) is 0 Å². The van der Waals surface area contributed by atoms with Gasteiger partial charge in [-0.15, -0.1) is 0 Å². The molecule has 0 unspecified atom stereocenters. The van der Waals surface area contributed by atoms with Crippen LogP contribution in [0.2, 0.25) is 0 Å². The third kappa shape index (κ3) is 6.07. The van der Waals surface area contributed by atoms with Gasteiger partial charge in [-0.3, -0.25) is 4.98 Å². The zero-order valence-electron chi connectivity index (χ0n) is 35.0. The van der Waals surface area contributed by atoms with Crippen molar-refractivity contribution in [1.29, 1.82) is 0 Å². The normalized spacial score (nSPS) is 12.7. The lowest BCUT2D eigenvalue weighted by atomic mass is 9.81. The SMILES string of the molecule is CC1(C)c2ccccc2-c2cc3c4cc(-c5cc(-c6ccc(-c7cccnc7)cc6)nc(-c6ccccc6)n5)ccc4c4ccccc4c4ccccc4c4ccccc4c3cc21. The number of nitrogens with zero attached hydrogens (tertiary/aromatic N) is 3. The molecule has 0 spiro atoms. The molecule has 296 valence electrons. The number of hydrogen-bond acceptors (Lipinski definition) is 3. The first kappa shape index (κ1) is 36.8. The number of rotatable bonds is 4. The standard InChI is InChI=1S/C60H41N3/c1-60(2)55-25-13-12-24-50(55)54-34-52-51-33-41(58-36-57(62-59(63-58)40-15-4-3-5-16-40)39-28-26-38(27-29-39)42-17-14-32-61-37-42)30-31-49(51)47-22-9-8-20-45(47)43-18-6-7-19-44(43)46-21-10-11-23-48(46)53(52)35-56(54)60/h3-37H,1-2H3. The Kier molecular flexibility index (Phi) is 8.52. The lowest BCUT2D eigenvalue weighted by Crippen LogP contribution is -2.14. The molecular formula is C60H41N3. The first-order valence-electron chi connectivity index (χ1n) is 21.7. The predicted molar refractivity (Wildman–Crippen MR) is 264 cm³/mol. The second-order valence-electron chi connectivity index (χ2n) is 17.2. The molecule has 1 aliphatic carbocycles. The fourth-order valence-corrected chi connectivity index (χ4v) is 10.0. The lowest BCUT2D eigenvalue weighted by molar-refractivity contribution is 0.661. The molecule has 0 aliphatic heterocycles. The molecule has 2 heterocycles. The maximum Gasteiger partial charge on any atom is 0.160 e. The molecule has 3 heteroatoms. The second-order valence-corrected chi connectivity index (χ2v) is 17.2. The van der Waals surface area contributed by atoms with Crippen LogP contribution in [0.1, 0.15) is 25.0 Å². The summed E-state index contributed by atoms with van der Waals surface area (Å²) in [4.78, 5) is 14.9. The van der Waals surface area contributed by atoms with Crippen molar-refractivity contribution in [2.45, 2.75) is 19.3 Å². The summed E-state index contributed by atoms with van der Waals surface area (Å²) in [5, 5.41) is 12.0. The monoisotopic (exact) mass is 803 g/mol. The molecule has 3 nitrogen and oxygen atoms in total. The molecular weight excluding hydrogens is 763 g/mol. The van der Waals surface area contributed by atoms with Crippen molar-refractivity contribution in [3.8, 4) is 56.2 Å². The molecule has 0 amide bonds. The maximum atomic E-state index is 5.34. The summed E-state index contributed by atoms with van der Waals surface area (Å²) in [6, 6.07) is 72.8. The molecule has 0 bridgehead atoms. The Bertz CT molecular complexity index is 3690. The highest BCUT2D eigenvalue weighted by Gasteiger charge is 2.35. The third-order valence-corrected chi connectivity index (χ3v) is 13.2. The van der Waals surface area contributed by atoms with Crippen molar-refractivity contribution in [3.63, 3.8) is 0 Å². The summed E-state index contributed by atoms with van der Waals surface area (Å²) in [6.45, 7) is 4.74. The number of fused-ring (bicyclic) bond motifs is 13. The van der Waals surface area contributed by atoms with Crippen molar-refractivity contribution >= 4 is 53.9 Å². The van der Waals surface area contributed by atoms with Crippen LogP contribution in [0.3, 0.4) is 0 Å². The summed E-state index contributed by atoms with van der Waals surface area (Å²) >= 11 is 0. The van der Waals surface area contributed by atoms with Gasteiger partial charge in [-0.05, 0) is 118 Å². The third-order valence-electron chi connectivity index (χ3n) is 13.2. The molecule has 0 atom stereocenters. The Hall–Kier alpha value is -8.01. The Morgan fingerprint density at radius 2 is 0.810 bits per heavy atom. The van der Waals surface area contributed by atoms with Gasteiger partial charge in [-0.2, -0.15) is 0 Å². The van der Waals surface area contributed by atoms with E-state index in [4.69, 9.17) is 9.97 Å². The molecule has 0 saturated carbocycles. The van der Waals surface area contributed by atoms with Crippen LogP contribution in [0.5, 0.6) is 0 Å². The van der Waals surface area contributed by atoms with E-state index in [1.807, 2.05) is 30.5 Å². The van der Waals surface area contributed by atoms with Crippen LogP contribution >= 0.6 is 0 Å². The first-order chi connectivity index (χ1) is 31.0. The van der Waals surface area contributed by atoms with E-state index in [1.165, 1.54) is 70.7 Å². The van der Waals surface area contributed by atoms with Gasteiger partial charge >= 0.3 is 0 Å². The Labute approximate surface area is 366 Å². The Morgan fingerprint density at radius 1 is 0.317 bits per heavy atom. The van der Waals surface area contributed by atoms with Gasteiger partial charge in [-0.25, -0.2) is 9.97 Å². The van der Waals surface area contributed by atoms with Crippen LogP contribution in [-0.2, 0) is 5.41 Å². The Balaban J connectivity index is 1.21. The van der Waals surface area contributed by atoms with Crippen LogP contribution in [-0.4, -0.2) is 15.0 Å². The van der Waals surface area contributed by atoms with Crippen LogP contribution in [0.4, 0.5) is 0 Å². The zero-order chi connectivity index (χ0) is 42.1. The quantitative estimate of drug-likeness (QED) is 0.178. The highest BCUT2D eigenvalue weighted by Crippen LogP contribution is 2.51. The van der Waals surface area contributed by atoms with E-state index in [-0.39, 0.29) is 5.41 Å². The molecule has 2 aromatic heterocycles. The van der Waals surface area contributed by atoms with E-state index in [2.05, 4.69) is 195 Å². The molecule has 1 aliphatic rings. The highest BCUT2D eigenvalue weighted by atomic mass is 14.9. The van der Waals surface area contributed by atoms with Crippen LogP contribution in [0, 0.1) is 0 Å². The summed E-state index contributed by atoms with van der Waals surface area (Å²) in [7, 11) is 0. The molecule has 0 N–H and O–H groups in total. The zero-order valence-corrected chi connectivity index (χ0v) is 35.0. The fourth-order valence-electron chi connectivity index (χ4n) is 10.0. The van der Waals surface area contributed by atoms with Crippen molar-refractivity contribution in [2.24, 2.45) is 0 Å². The second kappa shape index (κ2) is 14.6. The Morgan fingerprint density at radius 3 is 1.44 bits per heavy atom. The molecule has 63 heavy (non-hydrogen) atoms. The van der Waals surface area contributed by atoms with Gasteiger partial charge in [0.15, 0.2) is 5.82 Å². The van der Waals surface area contributed by atoms with Gasteiger partial charge in [0.1, 0.15) is 0 Å². The smallest absolute Gasteiger partial charge is 0.160 e. The van der Waals surface area contributed by atoms with Gasteiger partial charge < -0.3 is 0 Å². The minimum atomic E-state index is -0.165. The average Bonchev–Trinajstić information content (AvgIpc) is 3.58. The van der Waals surface area contributed by atoms with Gasteiger partial charge in [0.25, 0.3) is 0 Å². The molecule has 12 rings (SSSR count). The topological polar surface area (TPSA) is 38.7 Å². The lowest BCUT2D eigenvalue weighted by Gasteiger charge is -2.22. The number of aromatic nitrogens is 3. The van der Waals surface area contributed by atoms with Crippen LogP contribution in [0.15, 0.2) is 213 Å². The molecule has 9 aromatic carbocycles. The molecule has 0 radical (unpaired) electrons. The van der Waals surface area contributed by atoms with Gasteiger partial charge in [0.2, 0.25) is 0 Å². The predicted octanol–water partition coefficient (Wildman–Crippen LogP) is 15.7. The van der Waals surface area contributed by atoms with E-state index in [0.717, 1.165) is 44.6 Å². The summed E-state index contributed by atoms with van der Waals surface area (Å²) in [6.07, 6.45) is 3.71. The fraction of sp³-hybridized carbons (Fsp3) is 0.0500. The van der Waals surface area contributed by atoms with E-state index in [9.17, 15) is 0 Å². The maximum absolute atomic E-state index is 5.34. The summed E-state index contributed by atoms with van der Waals surface area (Å²) < 4.78 is 0. The number of benzene rings is 8. The van der Waals surface area contributed by atoms with Crippen molar-refractivity contribution < 1.29 is 0 Å². The number of pyridine rings is 1.